The third-order valence-electron chi connectivity index (χ3n) is 2.81. The van der Waals surface area contributed by atoms with Gasteiger partial charge in [-0.15, -0.1) is 22.9 Å². The van der Waals surface area contributed by atoms with Gasteiger partial charge in [-0.25, -0.2) is 4.98 Å². The second kappa shape index (κ2) is 6.68. The van der Waals surface area contributed by atoms with Crippen LogP contribution in [0.4, 0.5) is 0 Å². The molecule has 0 radical (unpaired) electrons. The molecule has 0 saturated heterocycles. The SMILES string of the molecule is CC(CNC(=O)c1ccc(CCl)cc1)c1nccs1. The smallest absolute Gasteiger partial charge is 0.251 e. The maximum Gasteiger partial charge on any atom is 0.251 e. The minimum Gasteiger partial charge on any atom is -0.351 e. The molecule has 0 spiro atoms. The van der Waals surface area contributed by atoms with E-state index in [1.165, 1.54) is 0 Å². The fraction of sp³-hybridized carbons (Fsp3) is 0.286. The van der Waals surface area contributed by atoms with Crippen LogP contribution in [0.1, 0.15) is 33.8 Å². The van der Waals surface area contributed by atoms with Crippen molar-refractivity contribution in [3.8, 4) is 0 Å². The molecule has 1 aromatic carbocycles. The number of thiazole rings is 1. The van der Waals surface area contributed by atoms with E-state index in [0.29, 0.717) is 18.0 Å². The molecule has 1 aromatic heterocycles. The first kappa shape index (κ1) is 14.0. The lowest BCUT2D eigenvalue weighted by Crippen LogP contribution is -2.27. The monoisotopic (exact) mass is 294 g/mol. The van der Waals surface area contributed by atoms with Crippen molar-refractivity contribution in [2.45, 2.75) is 18.7 Å². The highest BCUT2D eigenvalue weighted by molar-refractivity contribution is 7.09. The van der Waals surface area contributed by atoms with E-state index in [-0.39, 0.29) is 11.8 Å². The topological polar surface area (TPSA) is 42.0 Å². The summed E-state index contributed by atoms with van der Waals surface area (Å²) in [6.45, 7) is 2.64. The molecule has 19 heavy (non-hydrogen) atoms. The summed E-state index contributed by atoms with van der Waals surface area (Å²) in [6, 6.07) is 7.32. The summed E-state index contributed by atoms with van der Waals surface area (Å²) in [5, 5.41) is 5.90. The van der Waals surface area contributed by atoms with Crippen LogP contribution in [-0.4, -0.2) is 17.4 Å². The zero-order chi connectivity index (χ0) is 13.7. The Bertz CT molecular complexity index is 525. The molecule has 1 unspecified atom stereocenters. The molecule has 0 aliphatic heterocycles. The highest BCUT2D eigenvalue weighted by Crippen LogP contribution is 2.16. The Hall–Kier alpha value is -1.39. The fourth-order valence-electron chi connectivity index (χ4n) is 1.66. The van der Waals surface area contributed by atoms with Gasteiger partial charge >= 0.3 is 0 Å². The van der Waals surface area contributed by atoms with Gasteiger partial charge in [-0.05, 0) is 17.7 Å². The molecular weight excluding hydrogens is 280 g/mol. The van der Waals surface area contributed by atoms with Crippen LogP contribution in [0.5, 0.6) is 0 Å². The first-order chi connectivity index (χ1) is 9.20. The van der Waals surface area contributed by atoms with Gasteiger partial charge in [-0.1, -0.05) is 19.1 Å². The van der Waals surface area contributed by atoms with Crippen molar-refractivity contribution in [3.05, 3.63) is 52.0 Å². The van der Waals surface area contributed by atoms with Crippen LogP contribution < -0.4 is 5.32 Å². The summed E-state index contributed by atoms with van der Waals surface area (Å²) in [6.07, 6.45) is 1.78. The predicted octanol–water partition coefficient (Wildman–Crippen LogP) is 3.42. The molecule has 0 saturated carbocycles. The summed E-state index contributed by atoms with van der Waals surface area (Å²) < 4.78 is 0. The zero-order valence-electron chi connectivity index (χ0n) is 10.6. The van der Waals surface area contributed by atoms with E-state index in [4.69, 9.17) is 11.6 Å². The van der Waals surface area contributed by atoms with E-state index < -0.39 is 0 Å². The molecule has 1 atom stereocenters. The van der Waals surface area contributed by atoms with Gasteiger partial charge in [-0.3, -0.25) is 4.79 Å². The Morgan fingerprint density at radius 1 is 1.42 bits per heavy atom. The standard InChI is InChI=1S/C14H15ClN2OS/c1-10(14-16-6-7-19-14)9-17-13(18)12-4-2-11(8-15)3-5-12/h2-7,10H,8-9H2,1H3,(H,17,18). The summed E-state index contributed by atoms with van der Waals surface area (Å²) in [5.74, 6) is 0.624. The van der Waals surface area contributed by atoms with E-state index >= 15 is 0 Å². The van der Waals surface area contributed by atoms with Gasteiger partial charge < -0.3 is 5.32 Å². The van der Waals surface area contributed by atoms with Crippen LogP contribution in [-0.2, 0) is 5.88 Å². The van der Waals surface area contributed by atoms with E-state index in [1.807, 2.05) is 17.5 Å². The quantitative estimate of drug-likeness (QED) is 0.859. The largest absolute Gasteiger partial charge is 0.351 e. The fourth-order valence-corrected chi connectivity index (χ4v) is 2.53. The van der Waals surface area contributed by atoms with Crippen LogP contribution >= 0.6 is 22.9 Å². The van der Waals surface area contributed by atoms with Gasteiger partial charge in [-0.2, -0.15) is 0 Å². The van der Waals surface area contributed by atoms with Crippen molar-refractivity contribution in [2.24, 2.45) is 0 Å². The average Bonchev–Trinajstić information content (AvgIpc) is 2.98. The molecule has 0 aliphatic carbocycles. The van der Waals surface area contributed by atoms with E-state index in [1.54, 1.807) is 29.7 Å². The Labute approximate surface area is 121 Å². The molecule has 3 nitrogen and oxygen atoms in total. The Morgan fingerprint density at radius 3 is 2.74 bits per heavy atom. The number of alkyl halides is 1. The highest BCUT2D eigenvalue weighted by Gasteiger charge is 2.11. The van der Waals surface area contributed by atoms with Crippen LogP contribution in [0.25, 0.3) is 0 Å². The average molecular weight is 295 g/mol. The lowest BCUT2D eigenvalue weighted by Gasteiger charge is -2.10. The molecule has 5 heteroatoms. The van der Waals surface area contributed by atoms with Crippen molar-refractivity contribution < 1.29 is 4.79 Å². The molecule has 2 aromatic rings. The third kappa shape index (κ3) is 3.78. The summed E-state index contributed by atoms with van der Waals surface area (Å²) in [4.78, 5) is 16.2. The number of amides is 1. The number of aromatic nitrogens is 1. The molecule has 0 fully saturated rings. The van der Waals surface area contributed by atoms with Crippen molar-refractivity contribution in [1.29, 1.82) is 0 Å². The zero-order valence-corrected chi connectivity index (χ0v) is 12.2. The molecule has 1 N–H and O–H groups in total. The van der Waals surface area contributed by atoms with Crippen molar-refractivity contribution in [3.63, 3.8) is 0 Å². The minimum atomic E-state index is -0.0653. The minimum absolute atomic E-state index is 0.0653. The number of rotatable bonds is 5. The second-order valence-electron chi connectivity index (χ2n) is 4.31. The van der Waals surface area contributed by atoms with Crippen molar-refractivity contribution in [1.82, 2.24) is 10.3 Å². The van der Waals surface area contributed by atoms with Gasteiger partial charge in [0.15, 0.2) is 0 Å². The van der Waals surface area contributed by atoms with Crippen LogP contribution in [0.2, 0.25) is 0 Å². The first-order valence-corrected chi connectivity index (χ1v) is 7.44. The Kier molecular flexibility index (Phi) is 4.93. The molecular formula is C14H15ClN2OS. The first-order valence-electron chi connectivity index (χ1n) is 6.03. The maximum atomic E-state index is 12.0. The number of halogens is 1. The number of carbonyl (C=O) groups excluding carboxylic acids is 1. The molecule has 1 amide bonds. The number of hydrogen-bond donors (Lipinski definition) is 1. The number of nitrogens with one attached hydrogen (secondary N) is 1. The molecule has 100 valence electrons. The lowest BCUT2D eigenvalue weighted by atomic mass is 10.1. The molecule has 0 aliphatic rings. The Balaban J connectivity index is 1.90. The van der Waals surface area contributed by atoms with Gasteiger partial charge in [0.2, 0.25) is 0 Å². The third-order valence-corrected chi connectivity index (χ3v) is 4.13. The lowest BCUT2D eigenvalue weighted by molar-refractivity contribution is 0.0951. The van der Waals surface area contributed by atoms with Gasteiger partial charge in [0, 0.05) is 35.5 Å². The van der Waals surface area contributed by atoms with Crippen LogP contribution in [0.15, 0.2) is 35.8 Å². The van der Waals surface area contributed by atoms with Crippen molar-refractivity contribution >= 4 is 28.8 Å². The van der Waals surface area contributed by atoms with Gasteiger partial charge in [0.05, 0.1) is 5.01 Å². The van der Waals surface area contributed by atoms with Crippen LogP contribution in [0, 0.1) is 0 Å². The summed E-state index contributed by atoms with van der Waals surface area (Å²) in [7, 11) is 0. The van der Waals surface area contributed by atoms with E-state index in [2.05, 4.69) is 17.2 Å². The summed E-state index contributed by atoms with van der Waals surface area (Å²) in [5.41, 5.74) is 1.66. The number of carbonyl (C=O) groups is 1. The Morgan fingerprint density at radius 2 is 2.16 bits per heavy atom. The second-order valence-corrected chi connectivity index (χ2v) is 5.51. The predicted molar refractivity (Wildman–Crippen MR) is 78.9 cm³/mol. The van der Waals surface area contributed by atoms with E-state index in [9.17, 15) is 4.79 Å². The molecule has 0 bridgehead atoms. The summed E-state index contributed by atoms with van der Waals surface area (Å²) >= 11 is 7.32. The normalized spacial score (nSPS) is 12.1. The number of benzene rings is 1. The number of hydrogen-bond acceptors (Lipinski definition) is 3. The van der Waals surface area contributed by atoms with Gasteiger partial charge in [0.25, 0.3) is 5.91 Å². The highest BCUT2D eigenvalue weighted by atomic mass is 35.5. The van der Waals surface area contributed by atoms with Crippen molar-refractivity contribution in [2.75, 3.05) is 6.54 Å². The molecule has 1 heterocycles. The molecule has 2 rings (SSSR count). The van der Waals surface area contributed by atoms with Gasteiger partial charge in [0.1, 0.15) is 0 Å². The number of nitrogens with zero attached hydrogens (tertiary/aromatic N) is 1. The maximum absolute atomic E-state index is 12.0. The van der Waals surface area contributed by atoms with E-state index in [0.717, 1.165) is 10.6 Å². The van der Waals surface area contributed by atoms with Crippen LogP contribution in [0.3, 0.4) is 0 Å².